The quantitative estimate of drug-likeness (QED) is 0.588. The fourth-order valence-corrected chi connectivity index (χ4v) is 4.74. The summed E-state index contributed by atoms with van der Waals surface area (Å²) < 4.78 is 32.7. The van der Waals surface area contributed by atoms with Crippen molar-refractivity contribution in [2.45, 2.75) is 31.0 Å². The highest BCUT2D eigenvalue weighted by Crippen LogP contribution is 2.23. The van der Waals surface area contributed by atoms with Gasteiger partial charge in [0.05, 0.1) is 22.0 Å². The molecule has 1 N–H and O–H groups in total. The number of nitrogens with one attached hydrogen (secondary N) is 1. The number of carbonyl (C=O) groups excluding carboxylic acids is 1. The summed E-state index contributed by atoms with van der Waals surface area (Å²) in [5.41, 5.74) is 0.324. The van der Waals surface area contributed by atoms with Crippen molar-refractivity contribution >= 4 is 27.3 Å². The maximum absolute atomic E-state index is 12.9. The minimum Gasteiger partial charge on any atom is -0.373 e. The zero-order valence-electron chi connectivity index (χ0n) is 15.9. The van der Waals surface area contributed by atoms with Crippen LogP contribution in [0, 0.1) is 10.1 Å². The van der Waals surface area contributed by atoms with Crippen LogP contribution in [0.5, 0.6) is 0 Å². The lowest BCUT2D eigenvalue weighted by Crippen LogP contribution is -2.48. The van der Waals surface area contributed by atoms with Crippen LogP contribution in [0.15, 0.2) is 53.4 Å². The highest BCUT2D eigenvalue weighted by atomic mass is 32.2. The summed E-state index contributed by atoms with van der Waals surface area (Å²) in [6, 6.07) is 11.2. The van der Waals surface area contributed by atoms with Crippen LogP contribution < -0.4 is 5.32 Å². The largest absolute Gasteiger partial charge is 0.373 e. The molecule has 2 atom stereocenters. The summed E-state index contributed by atoms with van der Waals surface area (Å²) in [5, 5.41) is 13.4. The third-order valence-electron chi connectivity index (χ3n) is 4.46. The van der Waals surface area contributed by atoms with E-state index < -0.39 is 20.9 Å². The molecule has 0 radical (unpaired) electrons. The summed E-state index contributed by atoms with van der Waals surface area (Å²) >= 11 is 0. The van der Waals surface area contributed by atoms with E-state index in [0.717, 1.165) is 0 Å². The lowest BCUT2D eigenvalue weighted by molar-refractivity contribution is -0.384. The molecule has 1 amide bonds. The monoisotopic (exact) mass is 419 g/mol. The fraction of sp³-hybridized carbons (Fsp3) is 0.316. The van der Waals surface area contributed by atoms with Crippen LogP contribution in [0.1, 0.15) is 24.2 Å². The molecule has 0 bridgehead atoms. The molecule has 9 nitrogen and oxygen atoms in total. The van der Waals surface area contributed by atoms with Gasteiger partial charge in [0, 0.05) is 36.5 Å². The molecule has 29 heavy (non-hydrogen) atoms. The minimum atomic E-state index is -3.67. The number of nitro benzene ring substituents is 1. The van der Waals surface area contributed by atoms with E-state index in [9.17, 15) is 23.3 Å². The number of nitro groups is 1. The number of anilines is 1. The van der Waals surface area contributed by atoms with E-state index >= 15 is 0 Å². The van der Waals surface area contributed by atoms with Crippen LogP contribution in [0.2, 0.25) is 0 Å². The first kappa shape index (κ1) is 20.9. The highest BCUT2D eigenvalue weighted by Gasteiger charge is 2.32. The standard InChI is InChI=1S/C19H21N3O6S/c1-13-11-21(12-14(2)28-13)29(26,27)18-8-6-16(7-9-18)20-19(23)15-4-3-5-17(10-15)22(24)25/h3-10,13-14H,11-12H2,1-2H3,(H,20,23). The Bertz CT molecular complexity index is 1010. The third-order valence-corrected chi connectivity index (χ3v) is 6.30. The molecule has 0 saturated carbocycles. The van der Waals surface area contributed by atoms with Crippen molar-refractivity contribution in [1.29, 1.82) is 0 Å². The van der Waals surface area contributed by atoms with E-state index in [4.69, 9.17) is 4.74 Å². The van der Waals surface area contributed by atoms with Gasteiger partial charge in [0.25, 0.3) is 11.6 Å². The maximum atomic E-state index is 12.9. The van der Waals surface area contributed by atoms with Crippen LogP contribution >= 0.6 is 0 Å². The number of amides is 1. The molecule has 1 heterocycles. The van der Waals surface area contributed by atoms with Crippen molar-refractivity contribution in [3.05, 3.63) is 64.2 Å². The van der Waals surface area contributed by atoms with E-state index in [1.807, 2.05) is 13.8 Å². The number of hydrogen-bond donors (Lipinski definition) is 1. The number of morpholine rings is 1. The number of ether oxygens (including phenoxy) is 1. The second-order valence-electron chi connectivity index (χ2n) is 6.87. The Kier molecular flexibility index (Phi) is 5.96. The predicted octanol–water partition coefficient (Wildman–Crippen LogP) is 2.65. The van der Waals surface area contributed by atoms with Gasteiger partial charge in [0.1, 0.15) is 0 Å². The summed E-state index contributed by atoms with van der Waals surface area (Å²) in [6.07, 6.45) is -0.385. The van der Waals surface area contributed by atoms with Crippen LogP contribution in [-0.4, -0.2) is 48.9 Å². The molecule has 1 saturated heterocycles. The molecule has 2 aromatic rings. The average molecular weight is 419 g/mol. The molecule has 154 valence electrons. The maximum Gasteiger partial charge on any atom is 0.270 e. The second-order valence-corrected chi connectivity index (χ2v) is 8.80. The van der Waals surface area contributed by atoms with Crippen molar-refractivity contribution < 1.29 is 22.9 Å². The van der Waals surface area contributed by atoms with E-state index in [-0.39, 0.29) is 41.4 Å². The first-order valence-corrected chi connectivity index (χ1v) is 10.4. The van der Waals surface area contributed by atoms with E-state index in [2.05, 4.69) is 5.32 Å². The van der Waals surface area contributed by atoms with Gasteiger partial charge >= 0.3 is 0 Å². The van der Waals surface area contributed by atoms with Crippen molar-refractivity contribution in [1.82, 2.24) is 4.31 Å². The van der Waals surface area contributed by atoms with Crippen molar-refractivity contribution in [2.24, 2.45) is 0 Å². The summed E-state index contributed by atoms with van der Waals surface area (Å²) in [4.78, 5) is 22.7. The van der Waals surface area contributed by atoms with Gasteiger partial charge in [-0.3, -0.25) is 14.9 Å². The lowest BCUT2D eigenvalue weighted by atomic mass is 10.2. The third kappa shape index (κ3) is 4.78. The van der Waals surface area contributed by atoms with Gasteiger partial charge in [-0.1, -0.05) is 6.07 Å². The zero-order valence-corrected chi connectivity index (χ0v) is 16.8. The number of hydrogen-bond acceptors (Lipinski definition) is 6. The molecule has 0 spiro atoms. The van der Waals surface area contributed by atoms with Gasteiger partial charge in [0.15, 0.2) is 0 Å². The predicted molar refractivity (Wildman–Crippen MR) is 106 cm³/mol. The van der Waals surface area contributed by atoms with E-state index in [1.54, 1.807) is 0 Å². The average Bonchev–Trinajstić information content (AvgIpc) is 2.67. The first-order chi connectivity index (χ1) is 13.7. The van der Waals surface area contributed by atoms with Crippen LogP contribution in [0.25, 0.3) is 0 Å². The smallest absolute Gasteiger partial charge is 0.270 e. The van der Waals surface area contributed by atoms with Crippen molar-refractivity contribution in [2.75, 3.05) is 18.4 Å². The van der Waals surface area contributed by atoms with Gasteiger partial charge in [-0.05, 0) is 44.2 Å². The molecule has 2 aromatic carbocycles. The topological polar surface area (TPSA) is 119 Å². The second kappa shape index (κ2) is 8.27. The molecular formula is C19H21N3O6S. The molecule has 3 rings (SSSR count). The number of sulfonamides is 1. The van der Waals surface area contributed by atoms with Gasteiger partial charge < -0.3 is 10.1 Å². The van der Waals surface area contributed by atoms with Crippen molar-refractivity contribution in [3.63, 3.8) is 0 Å². The van der Waals surface area contributed by atoms with E-state index in [1.165, 1.54) is 52.8 Å². The van der Waals surface area contributed by atoms with Crippen LogP contribution in [0.3, 0.4) is 0 Å². The van der Waals surface area contributed by atoms with Crippen LogP contribution in [0.4, 0.5) is 11.4 Å². The normalized spacial score (nSPS) is 20.2. The number of non-ortho nitro benzene ring substituents is 1. The van der Waals surface area contributed by atoms with Crippen LogP contribution in [-0.2, 0) is 14.8 Å². The molecular weight excluding hydrogens is 398 g/mol. The van der Waals surface area contributed by atoms with Gasteiger partial charge in [-0.25, -0.2) is 8.42 Å². The Labute approximate surface area is 168 Å². The number of nitrogens with zero attached hydrogens (tertiary/aromatic N) is 2. The Morgan fingerprint density at radius 2 is 1.76 bits per heavy atom. The summed E-state index contributed by atoms with van der Waals surface area (Å²) in [7, 11) is -3.67. The highest BCUT2D eigenvalue weighted by molar-refractivity contribution is 7.89. The Balaban J connectivity index is 1.74. The molecule has 0 aromatic heterocycles. The molecule has 1 aliphatic heterocycles. The zero-order chi connectivity index (χ0) is 21.2. The van der Waals surface area contributed by atoms with E-state index in [0.29, 0.717) is 5.69 Å². The SMILES string of the molecule is CC1CN(S(=O)(=O)c2ccc(NC(=O)c3cccc([N+](=O)[O-])c3)cc2)CC(C)O1. The van der Waals surface area contributed by atoms with Crippen molar-refractivity contribution in [3.8, 4) is 0 Å². The molecule has 10 heteroatoms. The van der Waals surface area contributed by atoms with Gasteiger partial charge in [-0.15, -0.1) is 0 Å². The summed E-state index contributed by atoms with van der Waals surface area (Å²) in [5.74, 6) is -0.528. The first-order valence-electron chi connectivity index (χ1n) is 8.98. The molecule has 2 unspecified atom stereocenters. The Morgan fingerprint density at radius 3 is 2.34 bits per heavy atom. The number of rotatable bonds is 5. The molecule has 1 fully saturated rings. The number of benzene rings is 2. The molecule has 1 aliphatic rings. The minimum absolute atomic E-state index is 0.118. The lowest BCUT2D eigenvalue weighted by Gasteiger charge is -2.34. The number of carbonyl (C=O) groups is 1. The molecule has 0 aliphatic carbocycles. The van der Waals surface area contributed by atoms with Gasteiger partial charge in [-0.2, -0.15) is 4.31 Å². The summed E-state index contributed by atoms with van der Waals surface area (Å²) in [6.45, 7) is 4.20. The Hall–Kier alpha value is -2.82. The Morgan fingerprint density at radius 1 is 1.14 bits per heavy atom. The fourth-order valence-electron chi connectivity index (χ4n) is 3.15. The van der Waals surface area contributed by atoms with Gasteiger partial charge in [0.2, 0.25) is 10.0 Å².